The number of fused-ring (bicyclic) bond motifs is 2. The van der Waals surface area contributed by atoms with E-state index in [1.54, 1.807) is 59.8 Å². The lowest BCUT2D eigenvalue weighted by Crippen LogP contribution is -2.79. The number of methoxy groups -OCH3 is 5. The topological polar surface area (TPSA) is 125 Å². The van der Waals surface area contributed by atoms with E-state index in [4.69, 9.17) is 33.2 Å². The highest BCUT2D eigenvalue weighted by molar-refractivity contribution is 5.89. The van der Waals surface area contributed by atoms with E-state index < -0.39 is 46.3 Å². The van der Waals surface area contributed by atoms with E-state index in [-0.39, 0.29) is 41.9 Å². The molecule has 1 spiro atoms. The zero-order valence-electron chi connectivity index (χ0n) is 28.1. The van der Waals surface area contributed by atoms with Gasteiger partial charge in [0.05, 0.1) is 49.3 Å². The van der Waals surface area contributed by atoms with E-state index in [1.165, 1.54) is 0 Å². The molecule has 1 aromatic carbocycles. The molecule has 1 aliphatic heterocycles. The van der Waals surface area contributed by atoms with Crippen LogP contribution >= 0.6 is 0 Å². The highest BCUT2D eigenvalue weighted by atomic mass is 16.6. The largest absolute Gasteiger partial charge is 0.497 e. The summed E-state index contributed by atoms with van der Waals surface area (Å²) in [6, 6.07) is 6.79. The zero-order valence-corrected chi connectivity index (χ0v) is 28.1. The third-order valence-corrected chi connectivity index (χ3v) is 13.5. The minimum atomic E-state index is -1.46. The molecular formula is C35H51NO10. The van der Waals surface area contributed by atoms with Crippen LogP contribution in [0.3, 0.4) is 0 Å². The summed E-state index contributed by atoms with van der Waals surface area (Å²) in [6.07, 6.45) is -1.63. The number of ether oxygens (including phenoxy) is 7. The number of carbonyl (C=O) groups excluding carboxylic acids is 1. The van der Waals surface area contributed by atoms with Gasteiger partial charge in [0, 0.05) is 89.1 Å². The predicted octanol–water partition coefficient (Wildman–Crippen LogP) is 2.16. The van der Waals surface area contributed by atoms with E-state index in [9.17, 15) is 15.0 Å². The van der Waals surface area contributed by atoms with Crippen LogP contribution in [0, 0.1) is 34.5 Å². The highest BCUT2D eigenvalue weighted by Gasteiger charge is 2.90. The van der Waals surface area contributed by atoms with Gasteiger partial charge in [-0.15, -0.1) is 0 Å². The van der Waals surface area contributed by atoms with Crippen molar-refractivity contribution in [3.63, 3.8) is 0 Å². The summed E-state index contributed by atoms with van der Waals surface area (Å²) in [7, 11) is 8.39. The number of benzene rings is 1. The number of esters is 1. The number of aliphatic hydroxyl groups is 2. The van der Waals surface area contributed by atoms with Crippen LogP contribution in [0.2, 0.25) is 0 Å². The maximum Gasteiger partial charge on any atom is 0.338 e. The standard InChI is InChI=1S/C35H51NO10/c1-8-36-17-32(18-40-3)22(37)14-23(42-5)35-21-15-33(39)24(43-6)16-34(45-9-2,26(29(35)36)27(44-7)28(32)35)25(21)30(33)46-31(38)19-10-12-20(41-4)13-11-19/h10-13,21-30,37,39H,8-9,14-18H2,1-7H3/t21?,22?,23?,24?,25?,26?,27?,28?,29?,30?,32-,33+,34+,35-/m0/s1. The van der Waals surface area contributed by atoms with Gasteiger partial charge in [-0.25, -0.2) is 4.79 Å². The number of carbonyl (C=O) groups is 1. The normalized spacial score (nSPS) is 48.4. The molecule has 1 aromatic rings. The Morgan fingerprint density at radius 2 is 1.70 bits per heavy atom. The lowest BCUT2D eigenvalue weighted by Gasteiger charge is -2.70. The van der Waals surface area contributed by atoms with Crippen molar-refractivity contribution in [2.75, 3.05) is 61.9 Å². The molecule has 7 bridgehead atoms. The summed E-state index contributed by atoms with van der Waals surface area (Å²) in [5.41, 5.74) is -3.11. The van der Waals surface area contributed by atoms with Crippen LogP contribution in [-0.4, -0.2) is 131 Å². The Morgan fingerprint density at radius 3 is 2.28 bits per heavy atom. The SMILES string of the molecule is CCO[C@]12CC(OC)[C@]3(O)CC(C1C3OC(=O)c1ccc(OC)cc1)[C@@]13C(OC)CC(O)[C@@]4(COC)CN(CC)C1C2C(OC)C43. The van der Waals surface area contributed by atoms with Crippen LogP contribution in [0.25, 0.3) is 0 Å². The van der Waals surface area contributed by atoms with Crippen molar-refractivity contribution in [3.8, 4) is 5.75 Å². The first kappa shape index (κ1) is 32.7. The van der Waals surface area contributed by atoms with Gasteiger partial charge in [-0.1, -0.05) is 6.92 Å². The first-order valence-corrected chi connectivity index (χ1v) is 16.8. The first-order chi connectivity index (χ1) is 22.1. The molecule has 0 aromatic heterocycles. The van der Waals surface area contributed by atoms with E-state index in [2.05, 4.69) is 11.8 Å². The van der Waals surface area contributed by atoms with Gasteiger partial charge in [0.1, 0.15) is 17.5 Å². The smallest absolute Gasteiger partial charge is 0.338 e. The van der Waals surface area contributed by atoms with Crippen molar-refractivity contribution < 1.29 is 48.2 Å². The Balaban J connectivity index is 1.45. The molecule has 256 valence electrons. The van der Waals surface area contributed by atoms with Gasteiger partial charge in [0.2, 0.25) is 0 Å². The molecule has 6 fully saturated rings. The molecule has 46 heavy (non-hydrogen) atoms. The van der Waals surface area contributed by atoms with Gasteiger partial charge >= 0.3 is 5.97 Å². The molecule has 5 aliphatic carbocycles. The average molecular weight is 646 g/mol. The number of likely N-dealkylation sites (tertiary alicyclic amines) is 1. The molecule has 1 heterocycles. The van der Waals surface area contributed by atoms with E-state index in [0.717, 1.165) is 6.54 Å². The monoisotopic (exact) mass is 645 g/mol. The van der Waals surface area contributed by atoms with Crippen LogP contribution in [0.15, 0.2) is 24.3 Å². The summed E-state index contributed by atoms with van der Waals surface area (Å²) in [4.78, 5) is 16.4. The fraction of sp³-hybridized carbons (Fsp3) is 0.800. The molecule has 11 nitrogen and oxygen atoms in total. The third kappa shape index (κ3) is 3.80. The van der Waals surface area contributed by atoms with Crippen molar-refractivity contribution in [1.29, 1.82) is 0 Å². The van der Waals surface area contributed by atoms with Gasteiger partial charge in [0.25, 0.3) is 0 Å². The molecule has 10 unspecified atom stereocenters. The van der Waals surface area contributed by atoms with Crippen molar-refractivity contribution in [3.05, 3.63) is 29.8 Å². The van der Waals surface area contributed by atoms with Crippen LogP contribution in [0.4, 0.5) is 0 Å². The Morgan fingerprint density at radius 1 is 0.978 bits per heavy atom. The van der Waals surface area contributed by atoms with Crippen LogP contribution in [0.1, 0.15) is 43.5 Å². The molecule has 1 saturated heterocycles. The highest BCUT2D eigenvalue weighted by Crippen LogP contribution is 2.80. The second-order valence-corrected chi connectivity index (χ2v) is 14.6. The summed E-state index contributed by atoms with van der Waals surface area (Å²) >= 11 is 0. The average Bonchev–Trinajstić information content (AvgIpc) is 3.43. The Bertz CT molecular complexity index is 1310. The van der Waals surface area contributed by atoms with Crippen LogP contribution in [0.5, 0.6) is 5.75 Å². The lowest BCUT2D eigenvalue weighted by atomic mass is 9.42. The minimum Gasteiger partial charge on any atom is -0.497 e. The lowest BCUT2D eigenvalue weighted by molar-refractivity contribution is -0.304. The molecular weight excluding hydrogens is 594 g/mol. The Kier molecular flexibility index (Phi) is 8.08. The second kappa shape index (κ2) is 11.4. The van der Waals surface area contributed by atoms with Crippen molar-refractivity contribution in [2.45, 2.75) is 80.9 Å². The second-order valence-electron chi connectivity index (χ2n) is 14.6. The molecule has 0 radical (unpaired) electrons. The van der Waals surface area contributed by atoms with E-state index >= 15 is 0 Å². The van der Waals surface area contributed by atoms with Gasteiger partial charge < -0.3 is 43.4 Å². The molecule has 0 amide bonds. The minimum absolute atomic E-state index is 0.0152. The zero-order chi connectivity index (χ0) is 32.8. The maximum atomic E-state index is 13.9. The molecule has 2 N–H and O–H groups in total. The van der Waals surface area contributed by atoms with Crippen molar-refractivity contribution >= 4 is 5.97 Å². The number of aliphatic hydroxyl groups excluding tert-OH is 1. The number of rotatable bonds is 11. The summed E-state index contributed by atoms with van der Waals surface area (Å²) in [6.45, 7) is 6.38. The number of nitrogens with zero attached hydrogens (tertiary/aromatic N) is 1. The summed E-state index contributed by atoms with van der Waals surface area (Å²) in [5.74, 6) is -0.750. The third-order valence-electron chi connectivity index (χ3n) is 13.5. The molecule has 11 heteroatoms. The molecule has 14 atom stereocenters. The van der Waals surface area contributed by atoms with E-state index in [0.29, 0.717) is 50.3 Å². The number of piperidine rings is 1. The van der Waals surface area contributed by atoms with Gasteiger partial charge in [-0.3, -0.25) is 4.90 Å². The molecule has 6 aliphatic rings. The fourth-order valence-corrected chi connectivity index (χ4v) is 12.5. The maximum absolute atomic E-state index is 13.9. The van der Waals surface area contributed by atoms with E-state index in [1.807, 2.05) is 6.92 Å². The quantitative estimate of drug-likeness (QED) is 0.344. The number of hydrogen-bond donors (Lipinski definition) is 2. The van der Waals surface area contributed by atoms with Gasteiger partial charge in [0.15, 0.2) is 0 Å². The van der Waals surface area contributed by atoms with Gasteiger partial charge in [-0.05, 0) is 50.1 Å². The molecule has 7 rings (SSSR count). The Hall–Kier alpha value is -1.83. The van der Waals surface area contributed by atoms with Crippen molar-refractivity contribution in [2.24, 2.45) is 34.5 Å². The molecule has 5 saturated carbocycles. The first-order valence-electron chi connectivity index (χ1n) is 16.8. The number of hydrogen-bond acceptors (Lipinski definition) is 11. The predicted molar refractivity (Wildman–Crippen MR) is 165 cm³/mol. The summed E-state index contributed by atoms with van der Waals surface area (Å²) in [5, 5.41) is 24.9. The van der Waals surface area contributed by atoms with Crippen molar-refractivity contribution in [1.82, 2.24) is 4.90 Å². The van der Waals surface area contributed by atoms with Gasteiger partial charge in [-0.2, -0.15) is 0 Å². The van der Waals surface area contributed by atoms with Crippen LogP contribution in [-0.2, 0) is 28.4 Å². The summed E-state index contributed by atoms with van der Waals surface area (Å²) < 4.78 is 44.0. The fourth-order valence-electron chi connectivity index (χ4n) is 12.5. The Labute approximate surface area is 271 Å². The van der Waals surface area contributed by atoms with Crippen LogP contribution < -0.4 is 4.74 Å².